The molecule has 1 aliphatic heterocycles. The molecule has 2 aromatic rings. The van der Waals surface area contributed by atoms with Gasteiger partial charge in [-0.1, -0.05) is 43.2 Å². The van der Waals surface area contributed by atoms with Crippen LogP contribution in [0.25, 0.3) is 0 Å². The Morgan fingerprint density at radius 3 is 2.74 bits per heavy atom. The van der Waals surface area contributed by atoms with E-state index in [1.165, 1.54) is 0 Å². The number of carbonyl (C=O) groups excluding carboxylic acids is 1. The van der Waals surface area contributed by atoms with Crippen molar-refractivity contribution in [3.05, 3.63) is 47.7 Å². The van der Waals surface area contributed by atoms with Gasteiger partial charge < -0.3 is 15.7 Å². The van der Waals surface area contributed by atoms with E-state index in [0.717, 1.165) is 36.9 Å². The summed E-state index contributed by atoms with van der Waals surface area (Å²) >= 11 is 0. The lowest BCUT2D eigenvalue weighted by Gasteiger charge is -2.52. The number of aryl methyl sites for hydroxylation is 1. The summed E-state index contributed by atoms with van der Waals surface area (Å²) in [5.74, 6) is 0.624. The molecule has 0 bridgehead atoms. The first-order chi connectivity index (χ1) is 13.0. The van der Waals surface area contributed by atoms with Crippen molar-refractivity contribution >= 4 is 11.7 Å². The standard InChI is InChI=1S/C21H28N4O2/c1-15-13-19(22)25(23-15)14-20(26)24-12-11-21(27,16-7-3-2-4-8-16)17-9-5-6-10-18(17)24/h2-4,7-8,13,17-18,27H,5-6,9-12,14,22H2,1H3/t17-,18-,21+/m0/s1. The van der Waals surface area contributed by atoms with Crippen LogP contribution in [0.2, 0.25) is 0 Å². The quantitative estimate of drug-likeness (QED) is 0.872. The molecule has 2 fully saturated rings. The highest BCUT2D eigenvalue weighted by molar-refractivity contribution is 5.77. The molecule has 1 saturated carbocycles. The van der Waals surface area contributed by atoms with Gasteiger partial charge in [-0.2, -0.15) is 5.10 Å². The zero-order valence-electron chi connectivity index (χ0n) is 15.8. The van der Waals surface area contributed by atoms with Gasteiger partial charge in [0, 0.05) is 24.6 Å². The lowest BCUT2D eigenvalue weighted by atomic mass is 9.66. The van der Waals surface area contributed by atoms with Crippen molar-refractivity contribution in [1.29, 1.82) is 0 Å². The molecule has 1 aromatic heterocycles. The number of aromatic nitrogens is 2. The Kier molecular flexibility index (Phi) is 4.68. The second-order valence-corrected chi connectivity index (χ2v) is 7.95. The van der Waals surface area contributed by atoms with Crippen molar-refractivity contribution in [1.82, 2.24) is 14.7 Å². The van der Waals surface area contributed by atoms with Gasteiger partial charge in [0.25, 0.3) is 0 Å². The summed E-state index contributed by atoms with van der Waals surface area (Å²) in [5, 5.41) is 15.9. The highest BCUT2D eigenvalue weighted by Gasteiger charge is 2.50. The number of anilines is 1. The maximum Gasteiger partial charge on any atom is 0.244 e. The van der Waals surface area contributed by atoms with Crippen molar-refractivity contribution in [3.8, 4) is 0 Å². The number of amides is 1. The summed E-state index contributed by atoms with van der Waals surface area (Å²) in [6, 6.07) is 11.8. The molecule has 2 heterocycles. The largest absolute Gasteiger partial charge is 0.385 e. The van der Waals surface area contributed by atoms with Crippen LogP contribution in [0.3, 0.4) is 0 Å². The molecular formula is C21H28N4O2. The summed E-state index contributed by atoms with van der Waals surface area (Å²) < 4.78 is 1.58. The Hall–Kier alpha value is -2.34. The van der Waals surface area contributed by atoms with Crippen molar-refractivity contribution in [3.63, 3.8) is 0 Å². The van der Waals surface area contributed by atoms with Crippen LogP contribution in [0.1, 0.15) is 43.4 Å². The topological polar surface area (TPSA) is 84.4 Å². The van der Waals surface area contributed by atoms with Crippen LogP contribution in [0, 0.1) is 12.8 Å². The number of nitrogens with zero attached hydrogens (tertiary/aromatic N) is 3. The molecule has 144 valence electrons. The Bertz CT molecular complexity index is 819. The molecule has 1 amide bonds. The third-order valence-corrected chi connectivity index (χ3v) is 6.29. The first-order valence-electron chi connectivity index (χ1n) is 9.86. The van der Waals surface area contributed by atoms with Crippen LogP contribution in [0.4, 0.5) is 5.82 Å². The van der Waals surface area contributed by atoms with E-state index in [9.17, 15) is 9.90 Å². The highest BCUT2D eigenvalue weighted by atomic mass is 16.3. The molecule has 0 spiro atoms. The number of fused-ring (bicyclic) bond motifs is 1. The normalized spacial score (nSPS) is 28.0. The average molecular weight is 368 g/mol. The molecule has 0 radical (unpaired) electrons. The zero-order chi connectivity index (χ0) is 19.0. The fraction of sp³-hybridized carbons (Fsp3) is 0.524. The Morgan fingerprint density at radius 1 is 1.30 bits per heavy atom. The molecule has 4 rings (SSSR count). The molecule has 1 saturated heterocycles. The van der Waals surface area contributed by atoms with Crippen LogP contribution < -0.4 is 5.73 Å². The van der Waals surface area contributed by atoms with E-state index in [-0.39, 0.29) is 24.4 Å². The predicted octanol–water partition coefficient (Wildman–Crippen LogP) is 2.45. The van der Waals surface area contributed by atoms with E-state index in [2.05, 4.69) is 5.10 Å². The van der Waals surface area contributed by atoms with Crippen LogP contribution in [0.5, 0.6) is 0 Å². The smallest absolute Gasteiger partial charge is 0.244 e. The second kappa shape index (κ2) is 7.00. The molecule has 2 aliphatic rings. The summed E-state index contributed by atoms with van der Waals surface area (Å²) in [7, 11) is 0. The SMILES string of the molecule is Cc1cc(N)n(CC(=O)N2CC[C@@](O)(c3ccccc3)[C@H]3CCCC[C@@H]32)n1. The summed E-state index contributed by atoms with van der Waals surface area (Å²) in [6.45, 7) is 2.59. The predicted molar refractivity (Wildman–Crippen MR) is 104 cm³/mol. The van der Waals surface area contributed by atoms with Gasteiger partial charge in [0.15, 0.2) is 0 Å². The monoisotopic (exact) mass is 368 g/mol. The molecule has 3 N–H and O–H groups in total. The third-order valence-electron chi connectivity index (χ3n) is 6.29. The summed E-state index contributed by atoms with van der Waals surface area (Å²) in [6.07, 6.45) is 4.65. The molecule has 3 atom stereocenters. The summed E-state index contributed by atoms with van der Waals surface area (Å²) in [4.78, 5) is 15.0. The van der Waals surface area contributed by atoms with Gasteiger partial charge in [-0.05, 0) is 31.7 Å². The van der Waals surface area contributed by atoms with Crippen LogP contribution in [0.15, 0.2) is 36.4 Å². The van der Waals surface area contributed by atoms with Crippen LogP contribution in [-0.4, -0.2) is 38.3 Å². The van der Waals surface area contributed by atoms with Crippen LogP contribution in [-0.2, 0) is 16.9 Å². The van der Waals surface area contributed by atoms with Crippen molar-refractivity contribution in [2.75, 3.05) is 12.3 Å². The molecule has 0 unspecified atom stereocenters. The molecular weight excluding hydrogens is 340 g/mol. The zero-order valence-corrected chi connectivity index (χ0v) is 15.8. The minimum absolute atomic E-state index is 0.0387. The number of likely N-dealkylation sites (tertiary alicyclic amines) is 1. The van der Waals surface area contributed by atoms with E-state index < -0.39 is 5.60 Å². The maximum absolute atomic E-state index is 13.1. The number of aliphatic hydroxyl groups is 1. The van der Waals surface area contributed by atoms with Gasteiger partial charge in [0.2, 0.25) is 5.91 Å². The van der Waals surface area contributed by atoms with Crippen LogP contribution >= 0.6 is 0 Å². The second-order valence-electron chi connectivity index (χ2n) is 7.95. The fourth-order valence-electron chi connectivity index (χ4n) is 4.99. The first-order valence-corrected chi connectivity index (χ1v) is 9.86. The maximum atomic E-state index is 13.1. The van der Waals surface area contributed by atoms with Crippen molar-refractivity contribution in [2.24, 2.45) is 5.92 Å². The van der Waals surface area contributed by atoms with Gasteiger partial charge in [-0.3, -0.25) is 4.79 Å². The lowest BCUT2D eigenvalue weighted by Crippen LogP contribution is -2.59. The third kappa shape index (κ3) is 3.23. The first kappa shape index (κ1) is 18.0. The molecule has 27 heavy (non-hydrogen) atoms. The van der Waals surface area contributed by atoms with Gasteiger partial charge in [0.05, 0.1) is 11.3 Å². The van der Waals surface area contributed by atoms with Gasteiger partial charge in [-0.15, -0.1) is 0 Å². The number of piperidine rings is 1. The molecule has 1 aromatic carbocycles. The number of hydrogen-bond donors (Lipinski definition) is 2. The minimum Gasteiger partial charge on any atom is -0.385 e. The van der Waals surface area contributed by atoms with E-state index in [1.54, 1.807) is 10.7 Å². The minimum atomic E-state index is -0.857. The van der Waals surface area contributed by atoms with Crippen molar-refractivity contribution in [2.45, 2.75) is 57.2 Å². The van der Waals surface area contributed by atoms with Gasteiger partial charge in [-0.25, -0.2) is 4.68 Å². The van der Waals surface area contributed by atoms with Crippen molar-refractivity contribution < 1.29 is 9.90 Å². The number of benzene rings is 1. The fourth-order valence-corrected chi connectivity index (χ4v) is 4.99. The summed E-state index contributed by atoms with van der Waals surface area (Å²) in [5.41, 5.74) is 6.89. The van der Waals surface area contributed by atoms with E-state index >= 15 is 0 Å². The Morgan fingerprint density at radius 2 is 2.04 bits per heavy atom. The van der Waals surface area contributed by atoms with Gasteiger partial charge >= 0.3 is 0 Å². The van der Waals surface area contributed by atoms with E-state index in [4.69, 9.17) is 5.73 Å². The lowest BCUT2D eigenvalue weighted by molar-refractivity contribution is -0.155. The van der Waals surface area contributed by atoms with E-state index in [1.807, 2.05) is 42.2 Å². The molecule has 6 nitrogen and oxygen atoms in total. The van der Waals surface area contributed by atoms with E-state index in [0.29, 0.717) is 18.8 Å². The number of carbonyl (C=O) groups is 1. The number of hydrogen-bond acceptors (Lipinski definition) is 4. The Balaban J connectivity index is 1.58. The average Bonchev–Trinajstić information content (AvgIpc) is 2.99. The Labute approximate surface area is 160 Å². The number of rotatable bonds is 3. The number of nitrogen functional groups attached to an aromatic ring is 1. The number of nitrogens with two attached hydrogens (primary N) is 1. The molecule has 1 aliphatic carbocycles. The highest BCUT2D eigenvalue weighted by Crippen LogP contribution is 2.46. The van der Waals surface area contributed by atoms with Gasteiger partial charge in [0.1, 0.15) is 12.4 Å². The molecule has 6 heteroatoms.